The Morgan fingerprint density at radius 3 is 2.59 bits per heavy atom. The van der Waals surface area contributed by atoms with Gasteiger partial charge in [0.25, 0.3) is 0 Å². The van der Waals surface area contributed by atoms with Crippen molar-refractivity contribution in [3.8, 4) is 11.3 Å². The van der Waals surface area contributed by atoms with Crippen molar-refractivity contribution in [3.05, 3.63) is 47.7 Å². The average molecular weight is 371 g/mol. The summed E-state index contributed by atoms with van der Waals surface area (Å²) < 4.78 is 5.83. The van der Waals surface area contributed by atoms with Gasteiger partial charge in [0.15, 0.2) is 0 Å². The van der Waals surface area contributed by atoms with E-state index in [4.69, 9.17) is 10.2 Å². The molecule has 3 N–H and O–H groups in total. The SMILES string of the molecule is CC(=O)N1CCN(Cc2ccc(-c3ccccc3C(=O)O)o2)C[C@H]1C(N)=O. The molecule has 1 aliphatic heterocycles. The van der Waals surface area contributed by atoms with Gasteiger partial charge in [0, 0.05) is 32.1 Å². The zero-order valence-electron chi connectivity index (χ0n) is 14.9. The number of carboxylic acid groups (broad SMARTS) is 1. The van der Waals surface area contributed by atoms with E-state index in [1.54, 1.807) is 30.3 Å². The largest absolute Gasteiger partial charge is 0.478 e. The van der Waals surface area contributed by atoms with Crippen LogP contribution in [-0.4, -0.2) is 58.4 Å². The molecule has 2 heterocycles. The monoisotopic (exact) mass is 371 g/mol. The van der Waals surface area contributed by atoms with Crippen LogP contribution in [0.2, 0.25) is 0 Å². The van der Waals surface area contributed by atoms with Crippen molar-refractivity contribution in [2.45, 2.75) is 19.5 Å². The van der Waals surface area contributed by atoms with E-state index in [2.05, 4.69) is 0 Å². The third-order valence-electron chi connectivity index (χ3n) is 4.66. The number of amides is 2. The molecular formula is C19H21N3O5. The number of hydrogen-bond donors (Lipinski definition) is 2. The Morgan fingerprint density at radius 1 is 1.19 bits per heavy atom. The predicted molar refractivity (Wildman–Crippen MR) is 96.7 cm³/mol. The molecule has 1 aromatic carbocycles. The number of benzene rings is 1. The molecule has 3 rings (SSSR count). The van der Waals surface area contributed by atoms with Crippen molar-refractivity contribution >= 4 is 17.8 Å². The highest BCUT2D eigenvalue weighted by Crippen LogP contribution is 2.27. The van der Waals surface area contributed by atoms with E-state index in [-0.39, 0.29) is 11.5 Å². The first-order valence-electron chi connectivity index (χ1n) is 8.57. The van der Waals surface area contributed by atoms with Gasteiger partial charge in [-0.15, -0.1) is 0 Å². The van der Waals surface area contributed by atoms with Gasteiger partial charge >= 0.3 is 5.97 Å². The summed E-state index contributed by atoms with van der Waals surface area (Å²) in [6.07, 6.45) is 0. The molecule has 1 aromatic heterocycles. The number of nitrogens with zero attached hydrogens (tertiary/aromatic N) is 2. The molecule has 0 spiro atoms. The van der Waals surface area contributed by atoms with Gasteiger partial charge < -0.3 is 20.2 Å². The molecule has 1 saturated heterocycles. The molecule has 27 heavy (non-hydrogen) atoms. The van der Waals surface area contributed by atoms with Gasteiger partial charge in [0.1, 0.15) is 17.6 Å². The van der Waals surface area contributed by atoms with Crippen LogP contribution >= 0.6 is 0 Å². The van der Waals surface area contributed by atoms with E-state index >= 15 is 0 Å². The van der Waals surface area contributed by atoms with Crippen LogP contribution < -0.4 is 5.73 Å². The van der Waals surface area contributed by atoms with Crippen molar-refractivity contribution in [3.63, 3.8) is 0 Å². The Balaban J connectivity index is 1.74. The Labute approximate surface area is 156 Å². The molecule has 0 unspecified atom stereocenters. The van der Waals surface area contributed by atoms with Crippen molar-refractivity contribution in [2.75, 3.05) is 19.6 Å². The van der Waals surface area contributed by atoms with E-state index in [1.807, 2.05) is 4.90 Å². The third-order valence-corrected chi connectivity index (χ3v) is 4.66. The number of primary amides is 1. The zero-order chi connectivity index (χ0) is 19.6. The van der Waals surface area contributed by atoms with Crippen molar-refractivity contribution < 1.29 is 23.9 Å². The summed E-state index contributed by atoms with van der Waals surface area (Å²) in [7, 11) is 0. The number of carbonyl (C=O) groups excluding carboxylic acids is 2. The van der Waals surface area contributed by atoms with E-state index in [1.165, 1.54) is 17.9 Å². The van der Waals surface area contributed by atoms with Crippen molar-refractivity contribution in [2.24, 2.45) is 5.73 Å². The molecule has 1 aliphatic rings. The van der Waals surface area contributed by atoms with E-state index < -0.39 is 17.9 Å². The van der Waals surface area contributed by atoms with Crippen LogP contribution in [-0.2, 0) is 16.1 Å². The van der Waals surface area contributed by atoms with Gasteiger partial charge in [-0.25, -0.2) is 4.79 Å². The first-order valence-corrected chi connectivity index (χ1v) is 8.57. The number of piperazine rings is 1. The Kier molecular flexibility index (Phi) is 5.27. The maximum atomic E-state index is 11.7. The number of carboxylic acids is 1. The number of nitrogens with two attached hydrogens (primary N) is 1. The molecule has 1 fully saturated rings. The lowest BCUT2D eigenvalue weighted by molar-refractivity contribution is -0.141. The maximum Gasteiger partial charge on any atom is 0.336 e. The average Bonchev–Trinajstić information content (AvgIpc) is 3.09. The fraction of sp³-hybridized carbons (Fsp3) is 0.316. The predicted octanol–water partition coefficient (Wildman–Crippen LogP) is 1.16. The molecule has 2 aromatic rings. The van der Waals surface area contributed by atoms with E-state index in [9.17, 15) is 19.5 Å². The second kappa shape index (κ2) is 7.63. The van der Waals surface area contributed by atoms with Crippen molar-refractivity contribution in [1.29, 1.82) is 0 Å². The first kappa shape index (κ1) is 18.7. The molecule has 0 saturated carbocycles. The molecule has 1 atom stereocenters. The summed E-state index contributed by atoms with van der Waals surface area (Å²) in [6, 6.07) is 9.48. The van der Waals surface area contributed by atoms with Crippen LogP contribution in [0.1, 0.15) is 23.0 Å². The molecule has 142 valence electrons. The molecule has 2 amide bonds. The fourth-order valence-electron chi connectivity index (χ4n) is 3.32. The maximum absolute atomic E-state index is 11.7. The summed E-state index contributed by atoms with van der Waals surface area (Å²) in [6.45, 7) is 3.19. The number of carbonyl (C=O) groups is 3. The fourth-order valence-corrected chi connectivity index (χ4v) is 3.32. The molecule has 0 radical (unpaired) electrons. The lowest BCUT2D eigenvalue weighted by atomic mass is 10.1. The van der Waals surface area contributed by atoms with Crippen molar-refractivity contribution in [1.82, 2.24) is 9.80 Å². The summed E-state index contributed by atoms with van der Waals surface area (Å²) in [5.74, 6) is -0.621. The van der Waals surface area contributed by atoms with E-state index in [0.29, 0.717) is 43.3 Å². The van der Waals surface area contributed by atoms with Crippen LogP contribution in [0.25, 0.3) is 11.3 Å². The topological polar surface area (TPSA) is 117 Å². The van der Waals surface area contributed by atoms with Gasteiger partial charge in [0.2, 0.25) is 11.8 Å². The van der Waals surface area contributed by atoms with Gasteiger partial charge in [-0.05, 0) is 18.2 Å². The number of hydrogen-bond acceptors (Lipinski definition) is 5. The van der Waals surface area contributed by atoms with Crippen LogP contribution in [0.5, 0.6) is 0 Å². The number of rotatable bonds is 5. The number of aromatic carboxylic acids is 1. The molecule has 8 heteroatoms. The minimum Gasteiger partial charge on any atom is -0.478 e. The van der Waals surface area contributed by atoms with Gasteiger partial charge in [-0.3, -0.25) is 14.5 Å². The standard InChI is InChI=1S/C19H21N3O5/c1-12(23)22-9-8-21(11-16(22)18(20)24)10-13-6-7-17(27-13)14-4-2-3-5-15(14)19(25)26/h2-7,16H,8-11H2,1H3,(H2,20,24)(H,25,26)/t16-/m0/s1. The second-order valence-electron chi connectivity index (χ2n) is 6.48. The van der Waals surface area contributed by atoms with Gasteiger partial charge in [0.05, 0.1) is 12.1 Å². The van der Waals surface area contributed by atoms with Crippen LogP contribution in [0.3, 0.4) is 0 Å². The lowest BCUT2D eigenvalue weighted by Gasteiger charge is -2.39. The molecular weight excluding hydrogens is 350 g/mol. The molecule has 8 nitrogen and oxygen atoms in total. The quantitative estimate of drug-likeness (QED) is 0.815. The Bertz CT molecular complexity index is 876. The normalized spacial score (nSPS) is 17.7. The van der Waals surface area contributed by atoms with Gasteiger partial charge in [-0.1, -0.05) is 18.2 Å². The van der Waals surface area contributed by atoms with E-state index in [0.717, 1.165) is 0 Å². The highest BCUT2D eigenvalue weighted by molar-refractivity contribution is 5.95. The highest BCUT2D eigenvalue weighted by Gasteiger charge is 2.32. The lowest BCUT2D eigenvalue weighted by Crippen LogP contribution is -2.59. The molecule has 0 bridgehead atoms. The first-order chi connectivity index (χ1) is 12.9. The zero-order valence-corrected chi connectivity index (χ0v) is 14.9. The van der Waals surface area contributed by atoms with Crippen LogP contribution in [0.4, 0.5) is 0 Å². The Hall–Kier alpha value is -3.13. The summed E-state index contributed by atoms with van der Waals surface area (Å²) in [4.78, 5) is 38.2. The Morgan fingerprint density at radius 2 is 1.93 bits per heavy atom. The minimum atomic E-state index is -1.02. The molecule has 0 aliphatic carbocycles. The van der Waals surface area contributed by atoms with Gasteiger partial charge in [-0.2, -0.15) is 0 Å². The summed E-state index contributed by atoms with van der Waals surface area (Å²) >= 11 is 0. The summed E-state index contributed by atoms with van der Waals surface area (Å²) in [5.41, 5.74) is 6.11. The van der Waals surface area contributed by atoms with Crippen LogP contribution in [0, 0.1) is 0 Å². The highest BCUT2D eigenvalue weighted by atomic mass is 16.4. The van der Waals surface area contributed by atoms with Crippen LogP contribution in [0.15, 0.2) is 40.8 Å². The second-order valence-corrected chi connectivity index (χ2v) is 6.48. The smallest absolute Gasteiger partial charge is 0.336 e. The summed E-state index contributed by atoms with van der Waals surface area (Å²) in [5, 5.41) is 9.32. The minimum absolute atomic E-state index is 0.169. The number of furan rings is 1. The third kappa shape index (κ3) is 4.01.